The Balaban J connectivity index is 1.61. The second kappa shape index (κ2) is 9.95. The van der Waals surface area contributed by atoms with Crippen LogP contribution in [0.1, 0.15) is 49.8 Å². The first-order valence-electron chi connectivity index (χ1n) is 9.42. The van der Waals surface area contributed by atoms with Crippen molar-refractivity contribution in [2.75, 3.05) is 0 Å². The molecule has 0 atom stereocenters. The number of nitrogens with one attached hydrogen (secondary N) is 1. The zero-order valence-electron chi connectivity index (χ0n) is 15.2. The summed E-state index contributed by atoms with van der Waals surface area (Å²) in [5, 5.41) is 3.98. The highest BCUT2D eigenvalue weighted by atomic mass is 35.5. The summed E-state index contributed by atoms with van der Waals surface area (Å²) in [6, 6.07) is 9.03. The Hall–Kier alpha value is -1.78. The summed E-state index contributed by atoms with van der Waals surface area (Å²) in [5.41, 5.74) is 1.69. The Kier molecular flexibility index (Phi) is 7.36. The third-order valence-electron chi connectivity index (χ3n) is 4.93. The number of hydrogen-bond acceptors (Lipinski definition) is 3. The van der Waals surface area contributed by atoms with Crippen molar-refractivity contribution in [3.8, 4) is 5.75 Å². The molecule has 2 aromatic rings. The van der Waals surface area contributed by atoms with Crippen molar-refractivity contribution in [1.29, 1.82) is 0 Å². The Morgan fingerprint density at radius 2 is 1.78 bits per heavy atom. The Bertz CT molecular complexity index is 754. The number of para-hydroxylation sites is 1. The summed E-state index contributed by atoms with van der Waals surface area (Å²) in [6.45, 7) is 0.678. The molecule has 1 aromatic carbocycles. The van der Waals surface area contributed by atoms with Crippen LogP contribution in [0.25, 0.3) is 0 Å². The molecule has 0 radical (unpaired) electrons. The van der Waals surface area contributed by atoms with Gasteiger partial charge in [-0.15, -0.1) is 0 Å². The first-order chi connectivity index (χ1) is 13.1. The van der Waals surface area contributed by atoms with Crippen molar-refractivity contribution in [2.45, 2.75) is 51.7 Å². The molecule has 1 amide bonds. The molecule has 1 aliphatic carbocycles. The number of carbonyl (C=O) groups excluding carboxylic acids is 1. The topological polar surface area (TPSA) is 51.2 Å². The van der Waals surface area contributed by atoms with Crippen molar-refractivity contribution < 1.29 is 9.53 Å². The van der Waals surface area contributed by atoms with Crippen LogP contribution in [0.15, 0.2) is 36.5 Å². The van der Waals surface area contributed by atoms with E-state index in [1.54, 1.807) is 24.4 Å². The predicted molar refractivity (Wildman–Crippen MR) is 108 cm³/mol. The van der Waals surface area contributed by atoms with Crippen LogP contribution < -0.4 is 10.1 Å². The molecule has 0 bridgehead atoms. The van der Waals surface area contributed by atoms with Crippen molar-refractivity contribution >= 4 is 29.1 Å². The van der Waals surface area contributed by atoms with E-state index in [-0.39, 0.29) is 18.4 Å². The zero-order valence-corrected chi connectivity index (χ0v) is 16.7. The highest BCUT2D eigenvalue weighted by molar-refractivity contribution is 6.37. The molecular weight excluding hydrogens is 383 g/mol. The van der Waals surface area contributed by atoms with E-state index >= 15 is 0 Å². The van der Waals surface area contributed by atoms with E-state index in [9.17, 15) is 4.79 Å². The van der Waals surface area contributed by atoms with Crippen LogP contribution in [0, 0.1) is 5.92 Å². The largest absolute Gasteiger partial charge is 0.486 e. The number of pyridine rings is 1. The number of nitrogens with zero attached hydrogens (tertiary/aromatic N) is 1. The smallest absolute Gasteiger partial charge is 0.223 e. The van der Waals surface area contributed by atoms with Gasteiger partial charge in [0.2, 0.25) is 5.91 Å². The fraction of sp³-hybridized carbons (Fsp3) is 0.429. The van der Waals surface area contributed by atoms with Crippen molar-refractivity contribution in [3.05, 3.63) is 57.8 Å². The average Bonchev–Trinajstić information content (AvgIpc) is 2.96. The molecule has 0 saturated heterocycles. The van der Waals surface area contributed by atoms with Crippen molar-refractivity contribution in [3.63, 3.8) is 0 Å². The molecule has 1 aliphatic rings. The number of halogens is 2. The maximum atomic E-state index is 12.5. The summed E-state index contributed by atoms with van der Waals surface area (Å²) < 4.78 is 5.82. The second-order valence-electron chi connectivity index (χ2n) is 6.85. The monoisotopic (exact) mass is 406 g/mol. The van der Waals surface area contributed by atoms with Gasteiger partial charge in [0.05, 0.1) is 22.3 Å². The first-order valence-corrected chi connectivity index (χ1v) is 10.2. The van der Waals surface area contributed by atoms with Crippen LogP contribution in [0.4, 0.5) is 0 Å². The summed E-state index contributed by atoms with van der Waals surface area (Å²) in [4.78, 5) is 16.9. The van der Waals surface area contributed by atoms with Gasteiger partial charge in [-0.05, 0) is 31.0 Å². The number of amides is 1. The van der Waals surface area contributed by atoms with Gasteiger partial charge >= 0.3 is 0 Å². The molecule has 1 heterocycles. The van der Waals surface area contributed by atoms with E-state index in [4.69, 9.17) is 27.9 Å². The average molecular weight is 407 g/mol. The van der Waals surface area contributed by atoms with Crippen LogP contribution in [-0.2, 0) is 17.9 Å². The molecule has 0 aliphatic heterocycles. The maximum Gasteiger partial charge on any atom is 0.223 e. The van der Waals surface area contributed by atoms with Gasteiger partial charge < -0.3 is 10.1 Å². The summed E-state index contributed by atoms with van der Waals surface area (Å²) >= 11 is 12.3. The zero-order chi connectivity index (χ0) is 19.1. The van der Waals surface area contributed by atoms with Gasteiger partial charge in [0.15, 0.2) is 5.75 Å². The number of ether oxygens (including phenoxy) is 1. The minimum absolute atomic E-state index is 0.123. The quantitative estimate of drug-likeness (QED) is 0.639. The molecule has 1 aromatic heterocycles. The second-order valence-corrected chi connectivity index (χ2v) is 7.67. The van der Waals surface area contributed by atoms with Crippen LogP contribution in [0.3, 0.4) is 0 Å². The number of aromatic nitrogens is 1. The highest BCUT2D eigenvalue weighted by Gasteiger charge is 2.20. The molecule has 1 saturated carbocycles. The van der Waals surface area contributed by atoms with E-state index in [0.717, 1.165) is 36.9 Å². The number of carbonyl (C=O) groups is 1. The van der Waals surface area contributed by atoms with Crippen molar-refractivity contribution in [2.24, 2.45) is 5.92 Å². The van der Waals surface area contributed by atoms with Gasteiger partial charge in [-0.1, -0.05) is 61.0 Å². The molecule has 6 heteroatoms. The Morgan fingerprint density at radius 1 is 1.07 bits per heavy atom. The van der Waals surface area contributed by atoms with Crippen LogP contribution in [0.2, 0.25) is 10.0 Å². The molecule has 27 heavy (non-hydrogen) atoms. The van der Waals surface area contributed by atoms with Gasteiger partial charge in [0.1, 0.15) is 6.61 Å². The van der Waals surface area contributed by atoms with E-state index in [0.29, 0.717) is 22.3 Å². The summed E-state index contributed by atoms with van der Waals surface area (Å²) in [5.74, 6) is 0.708. The molecule has 144 valence electrons. The maximum absolute atomic E-state index is 12.5. The van der Waals surface area contributed by atoms with Gasteiger partial charge in [0, 0.05) is 17.7 Å². The lowest BCUT2D eigenvalue weighted by molar-refractivity contribution is -0.125. The lowest BCUT2D eigenvalue weighted by Gasteiger charge is -2.16. The fourth-order valence-corrected chi connectivity index (χ4v) is 3.90. The number of benzene rings is 1. The third-order valence-corrected chi connectivity index (χ3v) is 5.53. The predicted octanol–water partition coefficient (Wildman–Crippen LogP) is 5.55. The van der Waals surface area contributed by atoms with Gasteiger partial charge in [-0.2, -0.15) is 0 Å². The summed E-state index contributed by atoms with van der Waals surface area (Å²) in [6.07, 6.45) is 8.42. The summed E-state index contributed by atoms with van der Waals surface area (Å²) in [7, 11) is 0. The number of rotatable bonds is 6. The molecule has 0 spiro atoms. The Labute approximate surface area is 170 Å². The van der Waals surface area contributed by atoms with Crippen molar-refractivity contribution in [1.82, 2.24) is 10.3 Å². The highest BCUT2D eigenvalue weighted by Crippen LogP contribution is 2.33. The van der Waals surface area contributed by atoms with Crippen LogP contribution in [-0.4, -0.2) is 10.9 Å². The molecule has 0 unspecified atom stereocenters. The van der Waals surface area contributed by atoms with Gasteiger partial charge in [-0.25, -0.2) is 0 Å². The molecule has 1 N–H and O–H groups in total. The van der Waals surface area contributed by atoms with Crippen LogP contribution in [0.5, 0.6) is 5.75 Å². The normalized spacial score (nSPS) is 15.2. The minimum atomic E-state index is 0.123. The van der Waals surface area contributed by atoms with E-state index in [1.165, 1.54) is 12.8 Å². The lowest BCUT2D eigenvalue weighted by Crippen LogP contribution is -2.30. The Morgan fingerprint density at radius 3 is 2.48 bits per heavy atom. The standard InChI is InChI=1S/C21H24Cl2N2O2/c22-17-10-5-11-18(23)20(17)27-14-16-9-6-12-24-19(16)13-25-21(26)15-7-3-1-2-4-8-15/h5-6,9-12,15H,1-4,7-8,13-14H2,(H,25,26). The molecule has 4 nitrogen and oxygen atoms in total. The van der Waals surface area contributed by atoms with Gasteiger partial charge in [0.25, 0.3) is 0 Å². The molecule has 3 rings (SSSR count). The third kappa shape index (κ3) is 5.60. The molecule has 1 fully saturated rings. The van der Waals surface area contributed by atoms with E-state index in [1.807, 2.05) is 12.1 Å². The minimum Gasteiger partial charge on any atom is -0.486 e. The molecular formula is C21H24Cl2N2O2. The lowest BCUT2D eigenvalue weighted by atomic mass is 9.99. The fourth-order valence-electron chi connectivity index (χ4n) is 3.39. The van der Waals surface area contributed by atoms with E-state index < -0.39 is 0 Å². The van der Waals surface area contributed by atoms with Gasteiger partial charge in [-0.3, -0.25) is 9.78 Å². The number of hydrogen-bond donors (Lipinski definition) is 1. The SMILES string of the molecule is O=C(NCc1ncccc1COc1c(Cl)cccc1Cl)C1CCCCCC1. The van der Waals surface area contributed by atoms with E-state index in [2.05, 4.69) is 10.3 Å². The first kappa shape index (κ1) is 20.0. The van der Waals surface area contributed by atoms with Crippen LogP contribution >= 0.6 is 23.2 Å².